The average Bonchev–Trinajstić information content (AvgIpc) is 2.72. The third-order valence-electron chi connectivity index (χ3n) is 5.02. The average molecular weight is 378 g/mol. The minimum absolute atomic E-state index is 0.0256. The number of ether oxygens (including phenoxy) is 1. The molecule has 4 rings (SSSR count). The van der Waals surface area contributed by atoms with Crippen LogP contribution in [0.5, 0.6) is 0 Å². The lowest BCUT2D eigenvalue weighted by Gasteiger charge is -2.30. The Labute approximate surface area is 155 Å². The number of rotatable bonds is 3. The SMILES string of the molecule is O=C(O)CN1C[C@@H]2COC[C@H](C1)N(C(=O)c1[nH]c3ccccc3c1Cl)C2. The molecule has 0 aliphatic carbocycles. The summed E-state index contributed by atoms with van der Waals surface area (Å²) in [6.45, 7) is 2.51. The number of halogens is 1. The van der Waals surface area contributed by atoms with Crippen molar-refractivity contribution in [2.75, 3.05) is 39.4 Å². The number of aromatic amines is 1. The van der Waals surface area contributed by atoms with E-state index in [0.29, 0.717) is 43.6 Å². The molecule has 2 N–H and O–H groups in total. The fourth-order valence-corrected chi connectivity index (χ4v) is 4.20. The quantitative estimate of drug-likeness (QED) is 0.850. The van der Waals surface area contributed by atoms with Gasteiger partial charge in [0.25, 0.3) is 5.91 Å². The summed E-state index contributed by atoms with van der Waals surface area (Å²) in [6.07, 6.45) is 0. The van der Waals surface area contributed by atoms with Gasteiger partial charge in [0.1, 0.15) is 5.69 Å². The van der Waals surface area contributed by atoms with Crippen molar-refractivity contribution >= 4 is 34.4 Å². The second-order valence-electron chi connectivity index (χ2n) is 6.96. The number of fused-ring (bicyclic) bond motifs is 4. The Morgan fingerprint density at radius 2 is 2.04 bits per heavy atom. The van der Waals surface area contributed by atoms with Crippen LogP contribution in [0.2, 0.25) is 5.02 Å². The molecule has 0 spiro atoms. The Hall–Kier alpha value is -2.09. The normalized spacial score (nSPS) is 23.8. The van der Waals surface area contributed by atoms with Crippen molar-refractivity contribution in [3.05, 3.63) is 35.0 Å². The largest absolute Gasteiger partial charge is 0.480 e. The van der Waals surface area contributed by atoms with E-state index < -0.39 is 5.97 Å². The van der Waals surface area contributed by atoms with E-state index in [1.807, 2.05) is 29.2 Å². The summed E-state index contributed by atoms with van der Waals surface area (Å²) in [5.74, 6) is -0.944. The highest BCUT2D eigenvalue weighted by atomic mass is 35.5. The lowest BCUT2D eigenvalue weighted by atomic mass is 10.1. The number of nitrogens with zero attached hydrogens (tertiary/aromatic N) is 2. The first kappa shape index (κ1) is 17.3. The Kier molecular flexibility index (Phi) is 4.60. The number of aliphatic carboxylic acids is 1. The number of carbonyl (C=O) groups excluding carboxylic acids is 1. The molecule has 1 aromatic carbocycles. The third-order valence-corrected chi connectivity index (χ3v) is 5.41. The Bertz CT molecular complexity index is 852. The van der Waals surface area contributed by atoms with Gasteiger partial charge in [0, 0.05) is 36.5 Å². The first-order valence-electron chi connectivity index (χ1n) is 8.62. The number of carbonyl (C=O) groups is 2. The number of hydrogen-bond donors (Lipinski definition) is 2. The predicted octanol–water partition coefficient (Wildman–Crippen LogP) is 1.68. The summed E-state index contributed by atoms with van der Waals surface area (Å²) in [5, 5.41) is 10.4. The van der Waals surface area contributed by atoms with Gasteiger partial charge in [-0.05, 0) is 6.07 Å². The van der Waals surface area contributed by atoms with E-state index in [1.165, 1.54) is 0 Å². The first-order valence-corrected chi connectivity index (χ1v) is 9.00. The molecular weight excluding hydrogens is 358 g/mol. The van der Waals surface area contributed by atoms with Gasteiger partial charge in [-0.2, -0.15) is 0 Å². The Morgan fingerprint density at radius 3 is 2.81 bits per heavy atom. The highest BCUT2D eigenvalue weighted by Crippen LogP contribution is 2.30. The second-order valence-corrected chi connectivity index (χ2v) is 7.34. The van der Waals surface area contributed by atoms with Crippen LogP contribution in [0.25, 0.3) is 10.9 Å². The number of nitrogens with one attached hydrogen (secondary N) is 1. The molecule has 1 aromatic heterocycles. The van der Waals surface area contributed by atoms with Crippen LogP contribution in [0.1, 0.15) is 10.5 Å². The van der Waals surface area contributed by atoms with Crippen LogP contribution >= 0.6 is 11.6 Å². The van der Waals surface area contributed by atoms with Gasteiger partial charge in [0.05, 0.1) is 30.8 Å². The van der Waals surface area contributed by atoms with Crippen molar-refractivity contribution in [1.29, 1.82) is 0 Å². The number of hydrogen-bond acceptors (Lipinski definition) is 4. The first-order chi connectivity index (χ1) is 12.5. The fourth-order valence-electron chi connectivity index (χ4n) is 3.91. The van der Waals surface area contributed by atoms with E-state index in [0.717, 1.165) is 10.9 Å². The summed E-state index contributed by atoms with van der Waals surface area (Å²) >= 11 is 6.45. The third kappa shape index (κ3) is 3.18. The van der Waals surface area contributed by atoms with Crippen LogP contribution in [0.3, 0.4) is 0 Å². The number of amides is 1. The molecule has 0 unspecified atom stereocenters. The molecule has 2 fully saturated rings. The number of H-pyrrole nitrogens is 1. The Balaban J connectivity index is 1.64. The van der Waals surface area contributed by atoms with Gasteiger partial charge in [0.2, 0.25) is 0 Å². The van der Waals surface area contributed by atoms with E-state index in [-0.39, 0.29) is 24.4 Å². The molecule has 26 heavy (non-hydrogen) atoms. The van der Waals surface area contributed by atoms with E-state index >= 15 is 0 Å². The topological polar surface area (TPSA) is 85.9 Å². The number of benzene rings is 1. The van der Waals surface area contributed by atoms with Gasteiger partial charge in [-0.3, -0.25) is 14.5 Å². The standard InChI is InChI=1S/C18H20ClN3O4/c19-16-13-3-1-2-4-14(13)20-17(16)18(25)22-6-11-5-21(8-15(23)24)7-12(22)10-26-9-11/h1-4,11-12,20H,5-10H2,(H,23,24)/t11-,12-/m0/s1. The monoisotopic (exact) mass is 377 g/mol. The summed E-state index contributed by atoms with van der Waals surface area (Å²) in [7, 11) is 0. The van der Waals surface area contributed by atoms with E-state index in [9.17, 15) is 9.59 Å². The lowest BCUT2D eigenvalue weighted by molar-refractivity contribution is -0.138. The fraction of sp³-hybridized carbons (Fsp3) is 0.444. The molecular formula is C18H20ClN3O4. The predicted molar refractivity (Wildman–Crippen MR) is 96.5 cm³/mol. The molecule has 0 radical (unpaired) electrons. The second kappa shape index (κ2) is 6.90. The zero-order valence-corrected chi connectivity index (χ0v) is 14.9. The molecule has 2 saturated heterocycles. The molecule has 2 aliphatic rings. The van der Waals surface area contributed by atoms with Gasteiger partial charge in [-0.25, -0.2) is 0 Å². The summed E-state index contributed by atoms with van der Waals surface area (Å²) in [4.78, 5) is 31.1. The van der Waals surface area contributed by atoms with Gasteiger partial charge < -0.3 is 19.7 Å². The maximum absolute atomic E-state index is 13.2. The summed E-state index contributed by atoms with van der Waals surface area (Å²) < 4.78 is 5.71. The van der Waals surface area contributed by atoms with E-state index in [4.69, 9.17) is 21.4 Å². The van der Waals surface area contributed by atoms with Crippen LogP contribution in [-0.4, -0.2) is 77.2 Å². The smallest absolute Gasteiger partial charge is 0.317 e. The molecule has 8 heteroatoms. The maximum atomic E-state index is 13.2. The lowest BCUT2D eigenvalue weighted by Crippen LogP contribution is -2.47. The molecule has 138 valence electrons. The van der Waals surface area contributed by atoms with Crippen molar-refractivity contribution in [3.63, 3.8) is 0 Å². The van der Waals surface area contributed by atoms with Crippen molar-refractivity contribution in [2.45, 2.75) is 6.04 Å². The van der Waals surface area contributed by atoms with Gasteiger partial charge in [-0.1, -0.05) is 29.8 Å². The number of carboxylic acids is 1. The number of carboxylic acid groups (broad SMARTS) is 1. The van der Waals surface area contributed by atoms with Crippen LogP contribution in [-0.2, 0) is 9.53 Å². The molecule has 2 atom stereocenters. The van der Waals surface area contributed by atoms with E-state index in [2.05, 4.69) is 4.98 Å². The van der Waals surface area contributed by atoms with Gasteiger partial charge >= 0.3 is 5.97 Å². The zero-order valence-electron chi connectivity index (χ0n) is 14.2. The molecule has 2 bridgehead atoms. The minimum Gasteiger partial charge on any atom is -0.480 e. The van der Waals surface area contributed by atoms with E-state index in [1.54, 1.807) is 4.90 Å². The van der Waals surface area contributed by atoms with Crippen molar-refractivity contribution in [2.24, 2.45) is 5.92 Å². The molecule has 2 aliphatic heterocycles. The van der Waals surface area contributed by atoms with Gasteiger partial charge in [-0.15, -0.1) is 0 Å². The zero-order chi connectivity index (χ0) is 18.3. The molecule has 2 aromatic rings. The van der Waals surface area contributed by atoms with Crippen molar-refractivity contribution in [1.82, 2.24) is 14.8 Å². The van der Waals surface area contributed by atoms with Crippen LogP contribution in [0.15, 0.2) is 24.3 Å². The van der Waals surface area contributed by atoms with Crippen molar-refractivity contribution < 1.29 is 19.4 Å². The molecule has 1 amide bonds. The molecule has 3 heterocycles. The summed E-state index contributed by atoms with van der Waals surface area (Å²) in [5.41, 5.74) is 1.20. The van der Waals surface area contributed by atoms with Crippen LogP contribution in [0, 0.1) is 5.92 Å². The van der Waals surface area contributed by atoms with Crippen molar-refractivity contribution in [3.8, 4) is 0 Å². The van der Waals surface area contributed by atoms with Crippen LogP contribution in [0.4, 0.5) is 0 Å². The highest BCUT2D eigenvalue weighted by molar-refractivity contribution is 6.38. The van der Waals surface area contributed by atoms with Crippen LogP contribution < -0.4 is 0 Å². The highest BCUT2D eigenvalue weighted by Gasteiger charge is 2.37. The van der Waals surface area contributed by atoms with Gasteiger partial charge in [0.15, 0.2) is 0 Å². The number of aromatic nitrogens is 1. The minimum atomic E-state index is -0.859. The Morgan fingerprint density at radius 1 is 1.23 bits per heavy atom. The molecule has 7 nitrogen and oxygen atoms in total. The molecule has 0 saturated carbocycles. The maximum Gasteiger partial charge on any atom is 0.317 e. The number of para-hydroxylation sites is 1. The summed E-state index contributed by atoms with van der Waals surface area (Å²) in [6, 6.07) is 7.34.